The third-order valence-electron chi connectivity index (χ3n) is 3.33. The minimum atomic E-state index is -0.173. The Morgan fingerprint density at radius 3 is 2.76 bits per heavy atom. The lowest BCUT2D eigenvalue weighted by Crippen LogP contribution is -2.38. The molecular weight excluding hydrogens is 216 g/mol. The molecular formula is C12H18N4O. The number of likely N-dealkylation sites (tertiary alicyclic amines) is 1. The van der Waals surface area contributed by atoms with Gasteiger partial charge < -0.3 is 11.5 Å². The van der Waals surface area contributed by atoms with Gasteiger partial charge in [0, 0.05) is 18.7 Å². The Bertz CT molecular complexity index is 399. The summed E-state index contributed by atoms with van der Waals surface area (Å²) >= 11 is 0. The van der Waals surface area contributed by atoms with Gasteiger partial charge in [-0.25, -0.2) is 0 Å². The average Bonchev–Trinajstić information content (AvgIpc) is 2.33. The number of hydrogen-bond donors (Lipinski definition) is 2. The Labute approximate surface area is 101 Å². The fraction of sp³-hybridized carbons (Fsp3) is 0.500. The van der Waals surface area contributed by atoms with Crippen LogP contribution in [0.2, 0.25) is 0 Å². The Morgan fingerprint density at radius 1 is 1.47 bits per heavy atom. The summed E-state index contributed by atoms with van der Waals surface area (Å²) in [5, 5.41) is 0. The fourth-order valence-corrected chi connectivity index (χ4v) is 2.20. The van der Waals surface area contributed by atoms with Crippen LogP contribution in [-0.4, -0.2) is 28.9 Å². The Hall–Kier alpha value is -1.62. The molecule has 0 aliphatic carbocycles. The average molecular weight is 234 g/mol. The van der Waals surface area contributed by atoms with E-state index in [1.165, 1.54) is 0 Å². The zero-order chi connectivity index (χ0) is 12.3. The van der Waals surface area contributed by atoms with Gasteiger partial charge in [-0.05, 0) is 37.6 Å². The molecule has 0 aromatic carbocycles. The highest BCUT2D eigenvalue weighted by Crippen LogP contribution is 2.20. The summed E-state index contributed by atoms with van der Waals surface area (Å²) in [5.41, 5.74) is 13.0. The smallest absolute Gasteiger partial charge is 0.220 e. The van der Waals surface area contributed by atoms with Crippen LogP contribution in [0.4, 0.5) is 5.69 Å². The van der Waals surface area contributed by atoms with Crippen molar-refractivity contribution in [3.63, 3.8) is 0 Å². The number of carbonyl (C=O) groups excluding carboxylic acids is 1. The first-order chi connectivity index (χ1) is 8.16. The summed E-state index contributed by atoms with van der Waals surface area (Å²) in [6.45, 7) is 2.62. The van der Waals surface area contributed by atoms with Gasteiger partial charge in [0.05, 0.1) is 11.9 Å². The topological polar surface area (TPSA) is 85.2 Å². The number of hydrogen-bond acceptors (Lipinski definition) is 4. The van der Waals surface area contributed by atoms with Crippen LogP contribution in [0.5, 0.6) is 0 Å². The molecule has 1 fully saturated rings. The van der Waals surface area contributed by atoms with E-state index in [1.54, 1.807) is 12.4 Å². The number of amides is 1. The molecule has 5 nitrogen and oxygen atoms in total. The summed E-state index contributed by atoms with van der Waals surface area (Å²) in [6, 6.07) is 1.94. The second-order valence-corrected chi connectivity index (χ2v) is 4.53. The summed E-state index contributed by atoms with van der Waals surface area (Å²) in [7, 11) is 0. The van der Waals surface area contributed by atoms with Crippen LogP contribution in [-0.2, 0) is 11.3 Å². The van der Waals surface area contributed by atoms with Gasteiger partial charge in [-0.2, -0.15) is 0 Å². The van der Waals surface area contributed by atoms with E-state index in [4.69, 9.17) is 11.5 Å². The lowest BCUT2D eigenvalue weighted by Gasteiger charge is -2.30. The standard InChI is InChI=1S/C12H18N4O/c13-11-7-15-4-1-10(11)8-16-5-2-9(3-6-16)12(14)17/h1,4,7,9H,2-3,5-6,8,13H2,(H2,14,17). The molecule has 92 valence electrons. The summed E-state index contributed by atoms with van der Waals surface area (Å²) < 4.78 is 0. The minimum Gasteiger partial charge on any atom is -0.397 e. The summed E-state index contributed by atoms with van der Waals surface area (Å²) in [6.07, 6.45) is 5.12. The molecule has 2 rings (SSSR count). The van der Waals surface area contributed by atoms with Gasteiger partial charge in [0.25, 0.3) is 0 Å². The van der Waals surface area contributed by atoms with E-state index in [0.29, 0.717) is 0 Å². The van der Waals surface area contributed by atoms with Crippen LogP contribution >= 0.6 is 0 Å². The summed E-state index contributed by atoms with van der Waals surface area (Å²) in [4.78, 5) is 17.3. The van der Waals surface area contributed by atoms with Crippen LogP contribution in [0, 0.1) is 5.92 Å². The van der Waals surface area contributed by atoms with E-state index in [9.17, 15) is 4.79 Å². The lowest BCUT2D eigenvalue weighted by molar-refractivity contribution is -0.123. The monoisotopic (exact) mass is 234 g/mol. The maximum absolute atomic E-state index is 11.0. The number of aromatic nitrogens is 1. The molecule has 0 bridgehead atoms. The quantitative estimate of drug-likeness (QED) is 0.790. The van der Waals surface area contributed by atoms with Crippen molar-refractivity contribution in [1.29, 1.82) is 0 Å². The highest BCUT2D eigenvalue weighted by atomic mass is 16.1. The predicted molar refractivity (Wildman–Crippen MR) is 65.8 cm³/mol. The molecule has 1 saturated heterocycles. The first-order valence-electron chi connectivity index (χ1n) is 5.87. The van der Waals surface area contributed by atoms with E-state index < -0.39 is 0 Å². The van der Waals surface area contributed by atoms with Crippen molar-refractivity contribution >= 4 is 11.6 Å². The van der Waals surface area contributed by atoms with Crippen LogP contribution in [0.25, 0.3) is 0 Å². The molecule has 1 aliphatic heterocycles. The Balaban J connectivity index is 1.90. The molecule has 0 saturated carbocycles. The van der Waals surface area contributed by atoms with Crippen LogP contribution in [0.3, 0.4) is 0 Å². The van der Waals surface area contributed by atoms with Crippen molar-refractivity contribution in [2.75, 3.05) is 18.8 Å². The first-order valence-corrected chi connectivity index (χ1v) is 5.87. The van der Waals surface area contributed by atoms with E-state index >= 15 is 0 Å². The van der Waals surface area contributed by atoms with Gasteiger partial charge >= 0.3 is 0 Å². The van der Waals surface area contributed by atoms with Crippen molar-refractivity contribution in [2.45, 2.75) is 19.4 Å². The summed E-state index contributed by atoms with van der Waals surface area (Å²) in [5.74, 6) is -0.130. The first kappa shape index (κ1) is 11.9. The number of nitrogen functional groups attached to an aromatic ring is 1. The van der Waals surface area contributed by atoms with Crippen LogP contribution < -0.4 is 11.5 Å². The van der Waals surface area contributed by atoms with Crippen molar-refractivity contribution in [1.82, 2.24) is 9.88 Å². The lowest BCUT2D eigenvalue weighted by atomic mass is 9.96. The van der Waals surface area contributed by atoms with E-state index in [2.05, 4.69) is 9.88 Å². The zero-order valence-electron chi connectivity index (χ0n) is 9.80. The SMILES string of the molecule is NC(=O)C1CCN(Cc2ccncc2N)CC1. The molecule has 1 aromatic heterocycles. The molecule has 2 heterocycles. The number of nitrogens with two attached hydrogens (primary N) is 2. The fourth-order valence-electron chi connectivity index (χ4n) is 2.20. The van der Waals surface area contributed by atoms with Crippen molar-refractivity contribution in [2.24, 2.45) is 11.7 Å². The number of piperidine rings is 1. The number of rotatable bonds is 3. The highest BCUT2D eigenvalue weighted by molar-refractivity contribution is 5.76. The molecule has 17 heavy (non-hydrogen) atoms. The van der Waals surface area contributed by atoms with Gasteiger partial charge in [0.1, 0.15) is 0 Å². The molecule has 0 radical (unpaired) electrons. The Morgan fingerprint density at radius 2 is 2.18 bits per heavy atom. The largest absolute Gasteiger partial charge is 0.397 e. The molecule has 0 spiro atoms. The van der Waals surface area contributed by atoms with Gasteiger partial charge in [-0.1, -0.05) is 0 Å². The molecule has 1 aliphatic rings. The zero-order valence-corrected chi connectivity index (χ0v) is 9.80. The van der Waals surface area contributed by atoms with Gasteiger partial charge in [0.15, 0.2) is 0 Å². The highest BCUT2D eigenvalue weighted by Gasteiger charge is 2.23. The second kappa shape index (κ2) is 5.14. The minimum absolute atomic E-state index is 0.0426. The van der Waals surface area contributed by atoms with Crippen LogP contribution in [0.15, 0.2) is 18.5 Å². The number of nitrogens with zero attached hydrogens (tertiary/aromatic N) is 2. The van der Waals surface area contributed by atoms with E-state index in [1.807, 2.05) is 6.07 Å². The number of primary amides is 1. The van der Waals surface area contributed by atoms with Crippen molar-refractivity contribution in [3.8, 4) is 0 Å². The van der Waals surface area contributed by atoms with Crippen molar-refractivity contribution in [3.05, 3.63) is 24.0 Å². The second-order valence-electron chi connectivity index (χ2n) is 4.53. The number of carbonyl (C=O) groups is 1. The molecule has 5 heteroatoms. The van der Waals surface area contributed by atoms with Crippen LogP contribution in [0.1, 0.15) is 18.4 Å². The van der Waals surface area contributed by atoms with E-state index in [0.717, 1.165) is 43.7 Å². The van der Waals surface area contributed by atoms with Gasteiger partial charge in [-0.15, -0.1) is 0 Å². The molecule has 0 atom stereocenters. The van der Waals surface area contributed by atoms with E-state index in [-0.39, 0.29) is 11.8 Å². The van der Waals surface area contributed by atoms with Crippen molar-refractivity contribution < 1.29 is 4.79 Å². The molecule has 1 amide bonds. The van der Waals surface area contributed by atoms with Gasteiger partial charge in [0.2, 0.25) is 5.91 Å². The predicted octanol–water partition coefficient (Wildman–Crippen LogP) is 0.361. The maximum atomic E-state index is 11.0. The maximum Gasteiger partial charge on any atom is 0.220 e. The molecule has 1 aromatic rings. The number of anilines is 1. The third kappa shape index (κ3) is 2.94. The molecule has 4 N–H and O–H groups in total. The number of pyridine rings is 1. The Kier molecular flexibility index (Phi) is 3.58. The molecule has 0 unspecified atom stereocenters. The normalized spacial score (nSPS) is 18.1. The van der Waals surface area contributed by atoms with Gasteiger partial charge in [-0.3, -0.25) is 14.7 Å². The third-order valence-corrected chi connectivity index (χ3v) is 3.33.